The maximum atomic E-state index is 12.3. The molecule has 0 saturated carbocycles. The van der Waals surface area contributed by atoms with Crippen molar-refractivity contribution >= 4 is 5.91 Å². The second kappa shape index (κ2) is 8.15. The Morgan fingerprint density at radius 2 is 2.16 bits per heavy atom. The molecule has 0 aromatic carbocycles. The highest BCUT2D eigenvalue weighted by Crippen LogP contribution is 2.20. The van der Waals surface area contributed by atoms with Gasteiger partial charge in [-0.3, -0.25) is 9.69 Å². The molecule has 0 aliphatic carbocycles. The van der Waals surface area contributed by atoms with Crippen LogP contribution in [-0.2, 0) is 13.0 Å². The van der Waals surface area contributed by atoms with Crippen LogP contribution >= 0.6 is 0 Å². The van der Waals surface area contributed by atoms with Crippen molar-refractivity contribution < 1.29 is 18.6 Å². The Bertz CT molecular complexity index is 703. The number of aromatic nitrogens is 2. The molecule has 1 fully saturated rings. The first-order chi connectivity index (χ1) is 12.2. The fraction of sp³-hybridized carbons (Fsp3) is 0.588. The summed E-state index contributed by atoms with van der Waals surface area (Å²) >= 11 is 0. The molecular formula is C17H24N4O4. The smallest absolute Gasteiger partial charge is 0.287 e. The largest absolute Gasteiger partial charge is 0.472 e. The molecule has 2 aromatic rings. The van der Waals surface area contributed by atoms with Gasteiger partial charge in [-0.25, -0.2) is 4.63 Å². The van der Waals surface area contributed by atoms with Gasteiger partial charge in [-0.2, -0.15) is 0 Å². The van der Waals surface area contributed by atoms with Gasteiger partial charge in [0.05, 0.1) is 6.54 Å². The first-order valence-electron chi connectivity index (χ1n) is 8.71. The van der Waals surface area contributed by atoms with Crippen LogP contribution in [0.1, 0.15) is 47.3 Å². The highest BCUT2D eigenvalue weighted by Gasteiger charge is 2.19. The van der Waals surface area contributed by atoms with E-state index in [1.54, 1.807) is 6.92 Å². The van der Waals surface area contributed by atoms with Gasteiger partial charge in [0.1, 0.15) is 18.1 Å². The summed E-state index contributed by atoms with van der Waals surface area (Å²) in [5.74, 6) is 1.34. The molecule has 2 aromatic heterocycles. The van der Waals surface area contributed by atoms with Crippen molar-refractivity contribution in [2.75, 3.05) is 26.2 Å². The van der Waals surface area contributed by atoms with Crippen molar-refractivity contribution in [3.63, 3.8) is 0 Å². The van der Waals surface area contributed by atoms with Gasteiger partial charge in [0, 0.05) is 18.5 Å². The van der Waals surface area contributed by atoms with Crippen molar-refractivity contribution in [1.29, 1.82) is 0 Å². The Morgan fingerprint density at radius 3 is 2.84 bits per heavy atom. The molecule has 0 atom stereocenters. The number of carbonyl (C=O) groups excluding carboxylic acids is 1. The molecule has 3 rings (SSSR count). The third-order valence-corrected chi connectivity index (χ3v) is 4.27. The third kappa shape index (κ3) is 4.39. The molecule has 1 N–H and O–H groups in total. The summed E-state index contributed by atoms with van der Waals surface area (Å²) in [5.41, 5.74) is 1.69. The number of amides is 1. The number of nitrogens with one attached hydrogen (secondary N) is 1. The standard InChI is InChI=1S/C17H24N4O4/c1-3-14-13(11-21-7-4-5-8-21)10-15(24-14)16(22)18-6-9-23-17-12(2)19-25-20-17/h10H,3-9,11H2,1-2H3,(H,18,22). The summed E-state index contributed by atoms with van der Waals surface area (Å²) in [6.45, 7) is 7.48. The van der Waals surface area contributed by atoms with Crippen LogP contribution in [0, 0.1) is 6.92 Å². The quantitative estimate of drug-likeness (QED) is 0.729. The molecule has 3 heterocycles. The highest BCUT2D eigenvalue weighted by atomic mass is 16.6. The van der Waals surface area contributed by atoms with Gasteiger partial charge < -0.3 is 14.5 Å². The van der Waals surface area contributed by atoms with Crippen molar-refractivity contribution in [3.8, 4) is 5.88 Å². The minimum Gasteiger partial charge on any atom is -0.472 e. The van der Waals surface area contributed by atoms with Crippen LogP contribution in [-0.4, -0.2) is 47.4 Å². The monoisotopic (exact) mass is 348 g/mol. The van der Waals surface area contributed by atoms with E-state index in [9.17, 15) is 4.79 Å². The number of furan rings is 1. The lowest BCUT2D eigenvalue weighted by atomic mass is 10.2. The van der Waals surface area contributed by atoms with E-state index in [-0.39, 0.29) is 12.5 Å². The van der Waals surface area contributed by atoms with Gasteiger partial charge in [-0.15, -0.1) is 0 Å². The van der Waals surface area contributed by atoms with E-state index in [1.165, 1.54) is 12.8 Å². The van der Waals surface area contributed by atoms with Crippen LogP contribution in [0.2, 0.25) is 0 Å². The number of nitrogens with zero attached hydrogens (tertiary/aromatic N) is 3. The SMILES string of the molecule is CCc1oc(C(=O)NCCOc2nonc2C)cc1CN1CCCC1. The van der Waals surface area contributed by atoms with E-state index in [0.29, 0.717) is 23.9 Å². The average molecular weight is 348 g/mol. The van der Waals surface area contributed by atoms with Gasteiger partial charge in [-0.1, -0.05) is 12.1 Å². The van der Waals surface area contributed by atoms with Gasteiger partial charge in [0.25, 0.3) is 11.8 Å². The van der Waals surface area contributed by atoms with E-state index in [2.05, 4.69) is 25.2 Å². The molecule has 0 bridgehead atoms. The summed E-state index contributed by atoms with van der Waals surface area (Å²) in [6, 6.07) is 1.86. The lowest BCUT2D eigenvalue weighted by molar-refractivity contribution is 0.0917. The normalized spacial score (nSPS) is 14.8. The van der Waals surface area contributed by atoms with Crippen LogP contribution < -0.4 is 10.1 Å². The summed E-state index contributed by atoms with van der Waals surface area (Å²) in [5, 5.41) is 10.0. The third-order valence-electron chi connectivity index (χ3n) is 4.27. The first kappa shape index (κ1) is 17.5. The number of ether oxygens (including phenoxy) is 1. The summed E-state index contributed by atoms with van der Waals surface area (Å²) in [4.78, 5) is 14.7. The number of carbonyl (C=O) groups is 1. The fourth-order valence-electron chi connectivity index (χ4n) is 2.95. The Hall–Kier alpha value is -2.35. The summed E-state index contributed by atoms with van der Waals surface area (Å²) in [7, 11) is 0. The molecular weight excluding hydrogens is 324 g/mol. The van der Waals surface area contributed by atoms with Crippen LogP contribution in [0.15, 0.2) is 15.1 Å². The van der Waals surface area contributed by atoms with Crippen LogP contribution in [0.4, 0.5) is 0 Å². The Labute approximate surface area is 146 Å². The highest BCUT2D eigenvalue weighted by molar-refractivity contribution is 5.91. The number of rotatable bonds is 8. The summed E-state index contributed by atoms with van der Waals surface area (Å²) < 4.78 is 15.7. The molecule has 1 amide bonds. The van der Waals surface area contributed by atoms with Gasteiger partial charge >= 0.3 is 0 Å². The number of aryl methyl sites for hydroxylation is 2. The minimum atomic E-state index is -0.235. The predicted octanol–water partition coefficient (Wildman–Crippen LogP) is 1.94. The molecule has 136 valence electrons. The number of hydrogen-bond acceptors (Lipinski definition) is 7. The zero-order valence-electron chi connectivity index (χ0n) is 14.7. The maximum Gasteiger partial charge on any atom is 0.287 e. The number of likely N-dealkylation sites (tertiary alicyclic amines) is 1. The van der Waals surface area contributed by atoms with Crippen LogP contribution in [0.25, 0.3) is 0 Å². The Balaban J connectivity index is 1.51. The van der Waals surface area contributed by atoms with E-state index >= 15 is 0 Å². The maximum absolute atomic E-state index is 12.3. The molecule has 1 aliphatic rings. The lowest BCUT2D eigenvalue weighted by Gasteiger charge is -2.13. The minimum absolute atomic E-state index is 0.235. The Kier molecular flexibility index (Phi) is 5.70. The number of hydrogen-bond donors (Lipinski definition) is 1. The summed E-state index contributed by atoms with van der Waals surface area (Å²) in [6.07, 6.45) is 3.26. The lowest BCUT2D eigenvalue weighted by Crippen LogP contribution is -2.27. The second-order valence-corrected chi connectivity index (χ2v) is 6.16. The van der Waals surface area contributed by atoms with E-state index < -0.39 is 0 Å². The topological polar surface area (TPSA) is 93.6 Å². The van der Waals surface area contributed by atoms with Crippen molar-refractivity contribution in [2.24, 2.45) is 0 Å². The second-order valence-electron chi connectivity index (χ2n) is 6.16. The fourth-order valence-corrected chi connectivity index (χ4v) is 2.95. The van der Waals surface area contributed by atoms with Gasteiger partial charge in [0.15, 0.2) is 5.76 Å². The molecule has 1 aliphatic heterocycles. The average Bonchev–Trinajstić information content (AvgIpc) is 3.34. The first-order valence-corrected chi connectivity index (χ1v) is 8.71. The molecule has 0 unspecified atom stereocenters. The zero-order valence-corrected chi connectivity index (χ0v) is 14.7. The Morgan fingerprint density at radius 1 is 1.36 bits per heavy atom. The zero-order chi connectivity index (χ0) is 17.6. The van der Waals surface area contributed by atoms with E-state index in [1.807, 2.05) is 13.0 Å². The molecule has 0 radical (unpaired) electrons. The van der Waals surface area contributed by atoms with Crippen molar-refractivity contribution in [1.82, 2.24) is 20.5 Å². The molecule has 8 heteroatoms. The van der Waals surface area contributed by atoms with Crippen molar-refractivity contribution in [3.05, 3.63) is 28.8 Å². The van der Waals surface area contributed by atoms with Crippen LogP contribution in [0.5, 0.6) is 5.88 Å². The molecule has 25 heavy (non-hydrogen) atoms. The molecule has 1 saturated heterocycles. The van der Waals surface area contributed by atoms with Crippen LogP contribution in [0.3, 0.4) is 0 Å². The van der Waals surface area contributed by atoms with Gasteiger partial charge in [0.2, 0.25) is 0 Å². The molecule has 0 spiro atoms. The van der Waals surface area contributed by atoms with Crippen molar-refractivity contribution in [2.45, 2.75) is 39.7 Å². The van der Waals surface area contributed by atoms with Gasteiger partial charge in [-0.05, 0) is 44.1 Å². The predicted molar refractivity (Wildman–Crippen MR) is 89.5 cm³/mol. The van der Waals surface area contributed by atoms with E-state index in [4.69, 9.17) is 9.15 Å². The van der Waals surface area contributed by atoms with E-state index in [0.717, 1.165) is 37.4 Å². The molecule has 8 nitrogen and oxygen atoms in total.